The summed E-state index contributed by atoms with van der Waals surface area (Å²) in [5.41, 5.74) is 1.32. The lowest BCUT2D eigenvalue weighted by Crippen LogP contribution is -1.95. The summed E-state index contributed by atoms with van der Waals surface area (Å²) in [6.07, 6.45) is 2.98. The number of halogens is 1. The molecule has 1 heterocycles. The molecule has 0 saturated carbocycles. The van der Waals surface area contributed by atoms with Crippen molar-refractivity contribution in [2.24, 2.45) is 0 Å². The van der Waals surface area contributed by atoms with Crippen molar-refractivity contribution in [1.29, 1.82) is 0 Å². The lowest BCUT2D eigenvalue weighted by atomic mass is 10.1. The number of rotatable bonds is 3. The molecule has 0 saturated heterocycles. The summed E-state index contributed by atoms with van der Waals surface area (Å²) in [5, 5.41) is 0.454. The van der Waals surface area contributed by atoms with Crippen molar-refractivity contribution >= 4 is 11.6 Å². The van der Waals surface area contributed by atoms with Gasteiger partial charge < -0.3 is 9.47 Å². The minimum Gasteiger partial charge on any atom is -0.496 e. The van der Waals surface area contributed by atoms with E-state index in [1.165, 1.54) is 12.5 Å². The van der Waals surface area contributed by atoms with Crippen molar-refractivity contribution in [3.63, 3.8) is 0 Å². The SMILES string of the molecule is COc1cccc(OC)c1-c1ncncc1Cl. The molecule has 0 atom stereocenters. The van der Waals surface area contributed by atoms with Crippen LogP contribution >= 0.6 is 11.6 Å². The second-order valence-corrected chi connectivity index (χ2v) is 3.66. The molecule has 1 aromatic carbocycles. The Kier molecular flexibility index (Phi) is 3.44. The molecule has 0 amide bonds. The summed E-state index contributed by atoms with van der Waals surface area (Å²) in [6, 6.07) is 5.50. The summed E-state index contributed by atoms with van der Waals surface area (Å²) in [7, 11) is 3.18. The first-order chi connectivity index (χ1) is 8.27. The first-order valence-corrected chi connectivity index (χ1v) is 5.32. The van der Waals surface area contributed by atoms with E-state index < -0.39 is 0 Å². The van der Waals surface area contributed by atoms with Gasteiger partial charge in [0.15, 0.2) is 0 Å². The van der Waals surface area contributed by atoms with Gasteiger partial charge in [-0.05, 0) is 12.1 Å². The minimum absolute atomic E-state index is 0.454. The van der Waals surface area contributed by atoms with E-state index in [1.807, 2.05) is 18.2 Å². The summed E-state index contributed by atoms with van der Waals surface area (Å²) in [5.74, 6) is 1.31. The van der Waals surface area contributed by atoms with Gasteiger partial charge in [-0.2, -0.15) is 0 Å². The van der Waals surface area contributed by atoms with Crippen molar-refractivity contribution in [3.05, 3.63) is 35.7 Å². The van der Waals surface area contributed by atoms with Crippen molar-refractivity contribution in [2.75, 3.05) is 14.2 Å². The van der Waals surface area contributed by atoms with Crippen LogP contribution in [0.15, 0.2) is 30.7 Å². The predicted octanol–water partition coefficient (Wildman–Crippen LogP) is 2.81. The molecule has 0 spiro atoms. The van der Waals surface area contributed by atoms with Crippen LogP contribution in [0.2, 0.25) is 5.02 Å². The summed E-state index contributed by atoms with van der Waals surface area (Å²) >= 11 is 6.08. The van der Waals surface area contributed by atoms with Gasteiger partial charge in [-0.25, -0.2) is 9.97 Å². The van der Waals surface area contributed by atoms with Gasteiger partial charge in [-0.1, -0.05) is 17.7 Å². The number of hydrogen-bond donors (Lipinski definition) is 0. The highest BCUT2D eigenvalue weighted by Gasteiger charge is 2.16. The van der Waals surface area contributed by atoms with Crippen LogP contribution in [0.1, 0.15) is 0 Å². The van der Waals surface area contributed by atoms with Crippen LogP contribution in [0, 0.1) is 0 Å². The van der Waals surface area contributed by atoms with E-state index >= 15 is 0 Å². The number of benzene rings is 1. The highest BCUT2D eigenvalue weighted by molar-refractivity contribution is 6.33. The van der Waals surface area contributed by atoms with Crippen LogP contribution in [0.25, 0.3) is 11.3 Å². The van der Waals surface area contributed by atoms with Crippen molar-refractivity contribution in [1.82, 2.24) is 9.97 Å². The minimum atomic E-state index is 0.454. The Morgan fingerprint density at radius 1 is 1.12 bits per heavy atom. The Morgan fingerprint density at radius 3 is 2.29 bits per heavy atom. The molecular weight excluding hydrogens is 240 g/mol. The maximum Gasteiger partial charge on any atom is 0.132 e. The van der Waals surface area contributed by atoms with E-state index in [0.717, 1.165) is 5.56 Å². The summed E-state index contributed by atoms with van der Waals surface area (Å²) in [6.45, 7) is 0. The van der Waals surface area contributed by atoms with Crippen LogP contribution < -0.4 is 9.47 Å². The summed E-state index contributed by atoms with van der Waals surface area (Å²) < 4.78 is 10.6. The zero-order chi connectivity index (χ0) is 12.3. The predicted molar refractivity (Wildman–Crippen MR) is 65.6 cm³/mol. The Labute approximate surface area is 104 Å². The van der Waals surface area contributed by atoms with Gasteiger partial charge in [0.1, 0.15) is 17.8 Å². The number of aromatic nitrogens is 2. The molecule has 2 aromatic rings. The fraction of sp³-hybridized carbons (Fsp3) is 0.167. The van der Waals surface area contributed by atoms with Gasteiger partial charge in [-0.3, -0.25) is 0 Å². The third-order valence-corrected chi connectivity index (χ3v) is 2.61. The molecule has 0 radical (unpaired) electrons. The van der Waals surface area contributed by atoms with Gasteiger partial charge in [0, 0.05) is 6.20 Å². The lowest BCUT2D eigenvalue weighted by molar-refractivity contribution is 0.397. The molecule has 0 N–H and O–H groups in total. The molecule has 4 nitrogen and oxygen atoms in total. The molecule has 88 valence electrons. The normalized spacial score (nSPS) is 10.1. The summed E-state index contributed by atoms with van der Waals surface area (Å²) in [4.78, 5) is 8.02. The Balaban J connectivity index is 2.69. The van der Waals surface area contributed by atoms with Gasteiger partial charge in [0.05, 0.1) is 30.5 Å². The molecule has 0 fully saturated rings. The fourth-order valence-corrected chi connectivity index (χ4v) is 1.78. The zero-order valence-corrected chi connectivity index (χ0v) is 10.2. The zero-order valence-electron chi connectivity index (χ0n) is 9.48. The van der Waals surface area contributed by atoms with Gasteiger partial charge in [0.2, 0.25) is 0 Å². The molecular formula is C12H11ClN2O2. The average Bonchev–Trinajstić information content (AvgIpc) is 2.38. The second kappa shape index (κ2) is 5.01. The van der Waals surface area contributed by atoms with Crippen molar-refractivity contribution < 1.29 is 9.47 Å². The van der Waals surface area contributed by atoms with Crippen molar-refractivity contribution in [2.45, 2.75) is 0 Å². The van der Waals surface area contributed by atoms with Crippen LogP contribution in [-0.4, -0.2) is 24.2 Å². The Hall–Kier alpha value is -1.81. The molecule has 0 unspecified atom stereocenters. The van der Waals surface area contributed by atoms with Gasteiger partial charge in [0.25, 0.3) is 0 Å². The molecule has 0 aliphatic heterocycles. The first-order valence-electron chi connectivity index (χ1n) is 4.94. The first kappa shape index (κ1) is 11.7. The topological polar surface area (TPSA) is 44.2 Å². The van der Waals surface area contributed by atoms with E-state index in [9.17, 15) is 0 Å². The fourth-order valence-electron chi connectivity index (χ4n) is 1.58. The molecule has 0 aliphatic carbocycles. The number of methoxy groups -OCH3 is 2. The van der Waals surface area contributed by atoms with E-state index in [0.29, 0.717) is 22.2 Å². The smallest absolute Gasteiger partial charge is 0.132 e. The maximum atomic E-state index is 6.08. The van der Waals surface area contributed by atoms with Crippen LogP contribution in [0.3, 0.4) is 0 Å². The monoisotopic (exact) mass is 250 g/mol. The highest BCUT2D eigenvalue weighted by Crippen LogP contribution is 2.39. The van der Waals surface area contributed by atoms with Gasteiger partial charge in [-0.15, -0.1) is 0 Å². The van der Waals surface area contributed by atoms with Crippen LogP contribution in [0.5, 0.6) is 11.5 Å². The largest absolute Gasteiger partial charge is 0.496 e. The molecule has 5 heteroatoms. The Morgan fingerprint density at radius 2 is 1.76 bits per heavy atom. The molecule has 2 rings (SSSR count). The van der Waals surface area contributed by atoms with Crippen molar-refractivity contribution in [3.8, 4) is 22.8 Å². The third-order valence-electron chi connectivity index (χ3n) is 2.33. The van der Waals surface area contributed by atoms with E-state index in [4.69, 9.17) is 21.1 Å². The molecule has 0 aliphatic rings. The number of ether oxygens (including phenoxy) is 2. The van der Waals surface area contributed by atoms with Crippen LogP contribution in [0.4, 0.5) is 0 Å². The van der Waals surface area contributed by atoms with Gasteiger partial charge >= 0.3 is 0 Å². The van der Waals surface area contributed by atoms with Crippen LogP contribution in [-0.2, 0) is 0 Å². The van der Waals surface area contributed by atoms with E-state index in [2.05, 4.69) is 9.97 Å². The molecule has 0 bridgehead atoms. The van der Waals surface area contributed by atoms with E-state index in [-0.39, 0.29) is 0 Å². The average molecular weight is 251 g/mol. The standard InChI is InChI=1S/C12H11ClN2O2/c1-16-9-4-3-5-10(17-2)11(9)12-8(13)6-14-7-15-12/h3-7H,1-2H3. The number of hydrogen-bond acceptors (Lipinski definition) is 4. The lowest BCUT2D eigenvalue weighted by Gasteiger charge is -2.12. The molecule has 1 aromatic heterocycles. The second-order valence-electron chi connectivity index (χ2n) is 3.26. The quantitative estimate of drug-likeness (QED) is 0.840. The molecule has 17 heavy (non-hydrogen) atoms. The third kappa shape index (κ3) is 2.17. The number of nitrogens with zero attached hydrogens (tertiary/aromatic N) is 2. The highest BCUT2D eigenvalue weighted by atomic mass is 35.5. The maximum absolute atomic E-state index is 6.08. The van der Waals surface area contributed by atoms with E-state index in [1.54, 1.807) is 14.2 Å². The Bertz CT molecular complexity index is 509.